The molecule has 1 aliphatic carbocycles. The zero-order valence-corrected chi connectivity index (χ0v) is 19.1. The van der Waals surface area contributed by atoms with Gasteiger partial charge in [0.05, 0.1) is 18.1 Å². The van der Waals surface area contributed by atoms with Crippen LogP contribution in [0, 0.1) is 0 Å². The zero-order chi connectivity index (χ0) is 18.4. The molecule has 164 valence electrons. The molecule has 0 aliphatic heterocycles. The van der Waals surface area contributed by atoms with Gasteiger partial charge in [-0.25, -0.2) is 4.98 Å². The topological polar surface area (TPSA) is 76.2 Å². The number of hydrogen-bond acceptors (Lipinski definition) is 4. The minimum absolute atomic E-state index is 0. The van der Waals surface area contributed by atoms with E-state index in [0.29, 0.717) is 13.0 Å². The summed E-state index contributed by atoms with van der Waals surface area (Å²) in [5.74, 6) is -0.102. The molecule has 6 nitrogen and oxygen atoms in total. The van der Waals surface area contributed by atoms with Crippen LogP contribution in [0.15, 0.2) is 42.9 Å². The minimum Gasteiger partial charge on any atom is -0.353 e. The molecule has 1 fully saturated rings. The molecule has 2 aromatic rings. The van der Waals surface area contributed by atoms with Crippen molar-refractivity contribution in [2.45, 2.75) is 44.8 Å². The molecule has 1 aromatic heterocycles. The van der Waals surface area contributed by atoms with Crippen LogP contribution < -0.4 is 11.1 Å². The Hall–Kier alpha value is -1.31. The van der Waals surface area contributed by atoms with Gasteiger partial charge in [-0.3, -0.25) is 9.69 Å². The summed E-state index contributed by atoms with van der Waals surface area (Å²) >= 11 is 0. The molecule has 0 spiro atoms. The quantitative estimate of drug-likeness (QED) is 0.567. The standard InChI is InChI=1S/C20H29N5O.3ClH/c1-2-25(18-8-9-18)11-10-22-20(26)19(21)12-17-14-24(15-23-17)13-16-6-4-3-5-7-16;;;/h3-7,14-15,18-19H,2,8-13,21H2,1H3,(H,22,26);3*1H/t19-;;;/m0.../s1. The Kier molecular flexibility index (Phi) is 13.2. The molecular weight excluding hydrogens is 433 g/mol. The largest absolute Gasteiger partial charge is 0.353 e. The molecule has 1 heterocycles. The fraction of sp³-hybridized carbons (Fsp3) is 0.500. The lowest BCUT2D eigenvalue weighted by molar-refractivity contribution is -0.122. The summed E-state index contributed by atoms with van der Waals surface area (Å²) in [6.07, 6.45) is 6.78. The van der Waals surface area contributed by atoms with Crippen molar-refractivity contribution in [3.05, 3.63) is 54.1 Å². The van der Waals surface area contributed by atoms with Gasteiger partial charge in [-0.2, -0.15) is 0 Å². The van der Waals surface area contributed by atoms with Crippen LogP contribution in [-0.4, -0.2) is 52.1 Å². The van der Waals surface area contributed by atoms with Gasteiger partial charge in [-0.15, -0.1) is 37.2 Å². The Morgan fingerprint density at radius 2 is 1.97 bits per heavy atom. The first-order valence-electron chi connectivity index (χ1n) is 9.47. The Labute approximate surface area is 191 Å². The third-order valence-corrected chi connectivity index (χ3v) is 4.83. The van der Waals surface area contributed by atoms with Crippen LogP contribution in [0.5, 0.6) is 0 Å². The fourth-order valence-corrected chi connectivity index (χ4v) is 3.20. The number of carbonyl (C=O) groups excluding carboxylic acids is 1. The van der Waals surface area contributed by atoms with Crippen molar-refractivity contribution < 1.29 is 4.79 Å². The second kappa shape index (κ2) is 13.8. The van der Waals surface area contributed by atoms with Crippen LogP contribution in [0.2, 0.25) is 0 Å². The molecule has 1 aromatic carbocycles. The van der Waals surface area contributed by atoms with Crippen molar-refractivity contribution in [2.75, 3.05) is 19.6 Å². The summed E-state index contributed by atoms with van der Waals surface area (Å²) in [6.45, 7) is 5.51. The van der Waals surface area contributed by atoms with Crippen LogP contribution in [-0.2, 0) is 17.8 Å². The highest BCUT2D eigenvalue weighted by atomic mass is 35.5. The molecular formula is C20H32Cl3N5O. The van der Waals surface area contributed by atoms with Crippen LogP contribution in [0.25, 0.3) is 0 Å². The highest BCUT2D eigenvalue weighted by Gasteiger charge is 2.27. The number of amides is 1. The Morgan fingerprint density at radius 1 is 1.28 bits per heavy atom. The van der Waals surface area contributed by atoms with Gasteiger partial charge >= 0.3 is 0 Å². The molecule has 0 unspecified atom stereocenters. The number of imidazole rings is 1. The van der Waals surface area contributed by atoms with E-state index >= 15 is 0 Å². The number of halogens is 3. The number of likely N-dealkylation sites (N-methyl/N-ethyl adjacent to an activating group) is 1. The lowest BCUT2D eigenvalue weighted by Gasteiger charge is -2.20. The van der Waals surface area contributed by atoms with Gasteiger partial charge in [0.1, 0.15) is 0 Å². The number of rotatable bonds is 10. The average molecular weight is 465 g/mol. The second-order valence-electron chi connectivity index (χ2n) is 6.98. The lowest BCUT2D eigenvalue weighted by atomic mass is 10.1. The maximum absolute atomic E-state index is 12.2. The highest BCUT2D eigenvalue weighted by Crippen LogP contribution is 2.25. The number of nitrogens with one attached hydrogen (secondary N) is 1. The molecule has 0 bridgehead atoms. The molecule has 1 saturated carbocycles. The van der Waals surface area contributed by atoms with Gasteiger partial charge in [0, 0.05) is 38.3 Å². The first-order valence-corrected chi connectivity index (χ1v) is 9.47. The van der Waals surface area contributed by atoms with Crippen LogP contribution in [0.4, 0.5) is 0 Å². The van der Waals surface area contributed by atoms with E-state index in [1.807, 2.05) is 29.0 Å². The fourth-order valence-electron chi connectivity index (χ4n) is 3.20. The van der Waals surface area contributed by atoms with Gasteiger partial charge in [-0.05, 0) is 24.9 Å². The monoisotopic (exact) mass is 463 g/mol. The van der Waals surface area contributed by atoms with E-state index in [0.717, 1.165) is 31.4 Å². The molecule has 1 amide bonds. The van der Waals surface area contributed by atoms with E-state index in [4.69, 9.17) is 5.73 Å². The maximum Gasteiger partial charge on any atom is 0.237 e. The first-order chi connectivity index (χ1) is 12.7. The number of nitrogens with zero attached hydrogens (tertiary/aromatic N) is 3. The summed E-state index contributed by atoms with van der Waals surface area (Å²) in [6, 6.07) is 10.4. The van der Waals surface area contributed by atoms with Gasteiger partial charge in [0.25, 0.3) is 0 Å². The molecule has 1 aliphatic rings. The SMILES string of the molecule is CCN(CCNC(=O)[C@@H](N)Cc1cn(Cc2ccccc2)cn1)C1CC1.Cl.Cl.Cl. The van der Waals surface area contributed by atoms with E-state index in [-0.39, 0.29) is 43.1 Å². The Morgan fingerprint density at radius 3 is 2.59 bits per heavy atom. The third kappa shape index (κ3) is 8.93. The summed E-state index contributed by atoms with van der Waals surface area (Å²) in [4.78, 5) is 19.0. The van der Waals surface area contributed by atoms with Crippen molar-refractivity contribution in [1.29, 1.82) is 0 Å². The first kappa shape index (κ1) is 27.7. The van der Waals surface area contributed by atoms with E-state index in [1.165, 1.54) is 18.4 Å². The van der Waals surface area contributed by atoms with E-state index < -0.39 is 6.04 Å². The summed E-state index contributed by atoms with van der Waals surface area (Å²) in [5.41, 5.74) is 8.12. The van der Waals surface area contributed by atoms with Crippen LogP contribution in [0.1, 0.15) is 31.0 Å². The predicted octanol–water partition coefficient (Wildman–Crippen LogP) is 2.67. The van der Waals surface area contributed by atoms with Crippen molar-refractivity contribution in [3.8, 4) is 0 Å². The third-order valence-electron chi connectivity index (χ3n) is 4.83. The maximum atomic E-state index is 12.2. The summed E-state index contributed by atoms with van der Waals surface area (Å²) in [7, 11) is 0. The molecule has 0 saturated heterocycles. The molecule has 1 atom stereocenters. The van der Waals surface area contributed by atoms with Crippen LogP contribution in [0.3, 0.4) is 0 Å². The van der Waals surface area contributed by atoms with Gasteiger partial charge in [0.2, 0.25) is 5.91 Å². The predicted molar refractivity (Wildman–Crippen MR) is 124 cm³/mol. The molecule has 29 heavy (non-hydrogen) atoms. The van der Waals surface area contributed by atoms with Gasteiger partial charge in [-0.1, -0.05) is 37.3 Å². The summed E-state index contributed by atoms with van der Waals surface area (Å²) in [5, 5.41) is 2.96. The molecule has 9 heteroatoms. The minimum atomic E-state index is -0.564. The van der Waals surface area contributed by atoms with Crippen molar-refractivity contribution >= 4 is 43.1 Å². The van der Waals surface area contributed by atoms with E-state index in [2.05, 4.69) is 34.3 Å². The average Bonchev–Trinajstić information content (AvgIpc) is 3.40. The molecule has 0 radical (unpaired) electrons. The van der Waals surface area contributed by atoms with Gasteiger partial charge < -0.3 is 15.6 Å². The number of carbonyl (C=O) groups is 1. The second-order valence-corrected chi connectivity index (χ2v) is 6.98. The molecule has 3 N–H and O–H groups in total. The smallest absolute Gasteiger partial charge is 0.237 e. The Balaban J connectivity index is 0.00000261. The zero-order valence-electron chi connectivity index (χ0n) is 16.7. The highest BCUT2D eigenvalue weighted by molar-refractivity contribution is 5.86. The van der Waals surface area contributed by atoms with Crippen molar-refractivity contribution in [2.24, 2.45) is 5.73 Å². The number of benzene rings is 1. The Bertz CT molecular complexity index is 709. The molecule has 3 rings (SSSR count). The number of hydrogen-bond donors (Lipinski definition) is 2. The van der Waals surface area contributed by atoms with Crippen LogP contribution >= 0.6 is 37.2 Å². The van der Waals surface area contributed by atoms with Crippen molar-refractivity contribution in [3.63, 3.8) is 0 Å². The van der Waals surface area contributed by atoms with E-state index in [9.17, 15) is 4.79 Å². The summed E-state index contributed by atoms with van der Waals surface area (Å²) < 4.78 is 2.02. The van der Waals surface area contributed by atoms with Gasteiger partial charge in [0.15, 0.2) is 0 Å². The van der Waals surface area contributed by atoms with E-state index in [1.54, 1.807) is 6.33 Å². The normalized spacial score (nSPS) is 13.6. The number of aromatic nitrogens is 2. The lowest BCUT2D eigenvalue weighted by Crippen LogP contribution is -2.45. The number of nitrogens with two attached hydrogens (primary N) is 1. The van der Waals surface area contributed by atoms with Crippen molar-refractivity contribution in [1.82, 2.24) is 19.8 Å².